The number of carbonyl (C=O) groups excluding carboxylic acids is 1. The zero-order chi connectivity index (χ0) is 18.8. The van der Waals surface area contributed by atoms with Crippen molar-refractivity contribution < 1.29 is 21.6 Å². The first kappa shape index (κ1) is 20.4. The number of sulfonamides is 1. The molecule has 25 heavy (non-hydrogen) atoms. The number of likely N-dealkylation sites (N-methyl/N-ethyl adjacent to an activating group) is 1. The van der Waals surface area contributed by atoms with E-state index in [1.54, 1.807) is 6.92 Å². The maximum atomic E-state index is 12.7. The van der Waals surface area contributed by atoms with E-state index in [4.69, 9.17) is 23.2 Å². The van der Waals surface area contributed by atoms with Crippen molar-refractivity contribution in [2.45, 2.75) is 24.3 Å². The number of rotatable bonds is 6. The zero-order valence-electron chi connectivity index (χ0n) is 13.4. The molecule has 1 aromatic rings. The second-order valence-electron chi connectivity index (χ2n) is 5.70. The average Bonchev–Trinajstić information content (AvgIpc) is 2.82. The fourth-order valence-electron chi connectivity index (χ4n) is 2.54. The fraction of sp³-hybridized carbons (Fsp3) is 0.500. The van der Waals surface area contributed by atoms with Crippen molar-refractivity contribution in [3.8, 4) is 0 Å². The third-order valence-corrected chi connectivity index (χ3v) is 7.85. The highest BCUT2D eigenvalue weighted by Gasteiger charge is 2.31. The van der Waals surface area contributed by atoms with E-state index in [1.807, 2.05) is 0 Å². The summed E-state index contributed by atoms with van der Waals surface area (Å²) in [4.78, 5) is 12.0. The molecule has 1 N–H and O–H groups in total. The van der Waals surface area contributed by atoms with Gasteiger partial charge in [0.05, 0.1) is 22.9 Å². The van der Waals surface area contributed by atoms with Crippen LogP contribution >= 0.6 is 23.2 Å². The number of hydrogen-bond donors (Lipinski definition) is 1. The summed E-state index contributed by atoms with van der Waals surface area (Å²) in [5.41, 5.74) is 0. The van der Waals surface area contributed by atoms with E-state index in [0.717, 1.165) is 4.31 Å². The first-order chi connectivity index (χ1) is 11.5. The van der Waals surface area contributed by atoms with Crippen molar-refractivity contribution in [2.24, 2.45) is 0 Å². The SMILES string of the molecule is CCN(CC(=O)NC1CCS(=O)(=O)C1)S(=O)(=O)c1cc(Cl)cc(Cl)c1. The molecule has 1 atom stereocenters. The number of halogens is 2. The zero-order valence-corrected chi connectivity index (χ0v) is 16.6. The molecule has 2 rings (SSSR count). The van der Waals surface area contributed by atoms with E-state index >= 15 is 0 Å². The van der Waals surface area contributed by atoms with Crippen LogP contribution in [-0.2, 0) is 24.7 Å². The van der Waals surface area contributed by atoms with Gasteiger partial charge in [-0.15, -0.1) is 0 Å². The van der Waals surface area contributed by atoms with E-state index in [1.165, 1.54) is 18.2 Å². The molecule has 0 aromatic heterocycles. The van der Waals surface area contributed by atoms with Crippen molar-refractivity contribution in [1.29, 1.82) is 0 Å². The van der Waals surface area contributed by atoms with E-state index in [9.17, 15) is 21.6 Å². The Morgan fingerprint density at radius 3 is 2.36 bits per heavy atom. The van der Waals surface area contributed by atoms with Gasteiger partial charge in [0.15, 0.2) is 9.84 Å². The number of benzene rings is 1. The third-order valence-electron chi connectivity index (χ3n) is 3.74. The largest absolute Gasteiger partial charge is 0.351 e. The molecule has 1 amide bonds. The number of carbonyl (C=O) groups is 1. The smallest absolute Gasteiger partial charge is 0.243 e. The number of nitrogens with one attached hydrogen (secondary N) is 1. The van der Waals surface area contributed by atoms with Crippen LogP contribution in [0, 0.1) is 0 Å². The number of sulfone groups is 1. The normalized spacial score (nSPS) is 19.9. The topological polar surface area (TPSA) is 101 Å². The Balaban J connectivity index is 2.11. The van der Waals surface area contributed by atoms with Crippen molar-refractivity contribution in [1.82, 2.24) is 9.62 Å². The second-order valence-corrected chi connectivity index (χ2v) is 10.7. The van der Waals surface area contributed by atoms with Crippen LogP contribution in [0.4, 0.5) is 0 Å². The van der Waals surface area contributed by atoms with Gasteiger partial charge in [0.25, 0.3) is 0 Å². The van der Waals surface area contributed by atoms with Gasteiger partial charge in [-0.3, -0.25) is 4.79 Å². The molecule has 0 saturated carbocycles. The van der Waals surface area contributed by atoms with Gasteiger partial charge < -0.3 is 5.32 Å². The molecule has 11 heteroatoms. The monoisotopic (exact) mass is 428 g/mol. The van der Waals surface area contributed by atoms with Crippen LogP contribution in [0.5, 0.6) is 0 Å². The lowest BCUT2D eigenvalue weighted by Gasteiger charge is -2.21. The molecule has 1 unspecified atom stereocenters. The number of nitrogens with zero attached hydrogens (tertiary/aromatic N) is 1. The summed E-state index contributed by atoms with van der Waals surface area (Å²) in [6.07, 6.45) is 0.330. The van der Waals surface area contributed by atoms with Crippen molar-refractivity contribution >= 4 is 49.0 Å². The molecule has 1 aliphatic rings. The van der Waals surface area contributed by atoms with Gasteiger partial charge in [-0.25, -0.2) is 16.8 Å². The predicted octanol–water partition coefficient (Wildman–Crippen LogP) is 1.31. The van der Waals surface area contributed by atoms with Gasteiger partial charge in [-0.05, 0) is 24.6 Å². The maximum absolute atomic E-state index is 12.7. The summed E-state index contributed by atoms with van der Waals surface area (Å²) >= 11 is 11.7. The Morgan fingerprint density at radius 2 is 1.88 bits per heavy atom. The van der Waals surface area contributed by atoms with Gasteiger partial charge in [-0.2, -0.15) is 4.31 Å². The minimum atomic E-state index is -3.96. The molecule has 140 valence electrons. The highest BCUT2D eigenvalue weighted by atomic mass is 35.5. The van der Waals surface area contributed by atoms with Crippen LogP contribution in [-0.4, -0.2) is 57.7 Å². The molecule has 1 aromatic carbocycles. The van der Waals surface area contributed by atoms with E-state index in [-0.39, 0.29) is 33.0 Å². The van der Waals surface area contributed by atoms with E-state index in [0.29, 0.717) is 6.42 Å². The lowest BCUT2D eigenvalue weighted by atomic mass is 10.2. The van der Waals surface area contributed by atoms with Gasteiger partial charge in [0.1, 0.15) is 0 Å². The van der Waals surface area contributed by atoms with E-state index < -0.39 is 38.4 Å². The Morgan fingerprint density at radius 1 is 1.28 bits per heavy atom. The first-order valence-electron chi connectivity index (χ1n) is 7.49. The van der Waals surface area contributed by atoms with Crippen molar-refractivity contribution in [3.63, 3.8) is 0 Å². The number of amides is 1. The maximum Gasteiger partial charge on any atom is 0.243 e. The molecule has 0 spiro atoms. The summed E-state index contributed by atoms with van der Waals surface area (Å²) < 4.78 is 49.2. The minimum Gasteiger partial charge on any atom is -0.351 e. The Hall–Kier alpha value is -0.870. The molecular formula is C14H18Cl2N2O5S2. The van der Waals surface area contributed by atoms with Gasteiger partial charge >= 0.3 is 0 Å². The Bertz CT molecular complexity index is 851. The van der Waals surface area contributed by atoms with Crippen LogP contribution < -0.4 is 5.32 Å². The average molecular weight is 429 g/mol. The highest BCUT2D eigenvalue weighted by Crippen LogP contribution is 2.24. The number of hydrogen-bond acceptors (Lipinski definition) is 5. The molecule has 1 heterocycles. The lowest BCUT2D eigenvalue weighted by molar-refractivity contribution is -0.121. The van der Waals surface area contributed by atoms with Crippen molar-refractivity contribution in [2.75, 3.05) is 24.6 Å². The summed E-state index contributed by atoms with van der Waals surface area (Å²) in [6, 6.07) is 3.44. The summed E-state index contributed by atoms with van der Waals surface area (Å²) in [6.45, 7) is 1.24. The molecule has 0 aliphatic carbocycles. The predicted molar refractivity (Wildman–Crippen MR) is 96.1 cm³/mol. The van der Waals surface area contributed by atoms with Crippen LogP contribution in [0.15, 0.2) is 23.1 Å². The fourth-order valence-corrected chi connectivity index (χ4v) is 6.34. The second kappa shape index (κ2) is 7.79. The molecule has 0 bridgehead atoms. The van der Waals surface area contributed by atoms with Crippen LogP contribution in [0.3, 0.4) is 0 Å². The lowest BCUT2D eigenvalue weighted by Crippen LogP contribution is -2.44. The molecule has 0 radical (unpaired) electrons. The van der Waals surface area contributed by atoms with Gasteiger partial charge in [0.2, 0.25) is 15.9 Å². The van der Waals surface area contributed by atoms with Gasteiger partial charge in [0, 0.05) is 22.6 Å². The molecule has 7 nitrogen and oxygen atoms in total. The Labute approximate surface area is 157 Å². The minimum absolute atomic E-state index is 0.0226. The molecule has 1 aliphatic heterocycles. The van der Waals surface area contributed by atoms with Crippen LogP contribution in [0.25, 0.3) is 0 Å². The molecule has 1 fully saturated rings. The van der Waals surface area contributed by atoms with Crippen molar-refractivity contribution in [3.05, 3.63) is 28.2 Å². The molecule has 1 saturated heterocycles. The van der Waals surface area contributed by atoms with Crippen LogP contribution in [0.1, 0.15) is 13.3 Å². The Kier molecular flexibility index (Phi) is 6.37. The van der Waals surface area contributed by atoms with E-state index in [2.05, 4.69) is 5.32 Å². The summed E-state index contributed by atoms with van der Waals surface area (Å²) in [5, 5.41) is 2.91. The quantitative estimate of drug-likeness (QED) is 0.735. The van der Waals surface area contributed by atoms with Crippen LogP contribution in [0.2, 0.25) is 10.0 Å². The highest BCUT2D eigenvalue weighted by molar-refractivity contribution is 7.91. The summed E-state index contributed by atoms with van der Waals surface area (Å²) in [5.74, 6) is -0.656. The van der Waals surface area contributed by atoms with Gasteiger partial charge in [-0.1, -0.05) is 30.1 Å². The summed E-state index contributed by atoms with van der Waals surface area (Å²) in [7, 11) is -7.09. The first-order valence-corrected chi connectivity index (χ1v) is 11.5. The molecular weight excluding hydrogens is 411 g/mol. The third kappa shape index (κ3) is 5.30. The standard InChI is InChI=1S/C14H18Cl2N2O5S2/c1-2-18(8-14(19)17-12-3-4-24(20,21)9-12)25(22,23)13-6-10(15)5-11(16)7-13/h5-7,12H,2-4,8-9H2,1H3,(H,17,19).